The van der Waals surface area contributed by atoms with E-state index in [1.165, 1.54) is 0 Å². The summed E-state index contributed by atoms with van der Waals surface area (Å²) in [5.41, 5.74) is 0.0932. The van der Waals surface area contributed by atoms with Crippen molar-refractivity contribution in [3.63, 3.8) is 0 Å². The smallest absolute Gasteiger partial charge is 0.118 e. The lowest BCUT2D eigenvalue weighted by atomic mass is 10.1. The highest BCUT2D eigenvalue weighted by Gasteiger charge is 2.12. The maximum Gasteiger partial charge on any atom is 0.118 e. The summed E-state index contributed by atoms with van der Waals surface area (Å²) in [6, 6.07) is 4.09. The maximum absolute atomic E-state index is 5.88. The molecule has 0 radical (unpaired) electrons. The Morgan fingerprint density at radius 3 is 2.14 bits per heavy atom. The lowest BCUT2D eigenvalue weighted by Gasteiger charge is -2.20. The van der Waals surface area contributed by atoms with Gasteiger partial charge in [0.2, 0.25) is 0 Å². The molecule has 1 aromatic rings. The Morgan fingerprint density at radius 1 is 1.05 bits per heavy atom. The Bertz CT molecular complexity index is 377. The highest BCUT2D eigenvalue weighted by atomic mass is 16.5. The van der Waals surface area contributed by atoms with Crippen molar-refractivity contribution in [2.45, 2.75) is 39.4 Å². The van der Waals surface area contributed by atoms with Crippen molar-refractivity contribution in [2.75, 3.05) is 40.5 Å². The summed E-state index contributed by atoms with van der Waals surface area (Å²) in [7, 11) is 3.44. The van der Waals surface area contributed by atoms with Gasteiger partial charge in [-0.15, -0.1) is 0 Å². The Labute approximate surface area is 128 Å². The Morgan fingerprint density at radius 2 is 1.62 bits per heavy atom. The topological polar surface area (TPSA) is 46.9 Å². The normalized spacial score (nSPS) is 12.3. The third-order valence-electron chi connectivity index (χ3n) is 3.11. The highest BCUT2D eigenvalue weighted by molar-refractivity contribution is 5.07. The third kappa shape index (κ3) is 8.21. The quantitative estimate of drug-likeness (QED) is 0.718. The third-order valence-corrected chi connectivity index (χ3v) is 3.11. The average molecular weight is 298 g/mol. The van der Waals surface area contributed by atoms with E-state index in [4.69, 9.17) is 13.9 Å². The highest BCUT2D eigenvalue weighted by Crippen LogP contribution is 2.12. The van der Waals surface area contributed by atoms with Crippen molar-refractivity contribution in [1.29, 1.82) is 0 Å². The average Bonchev–Trinajstić information content (AvgIpc) is 2.86. The van der Waals surface area contributed by atoms with Gasteiger partial charge in [-0.2, -0.15) is 0 Å². The van der Waals surface area contributed by atoms with E-state index < -0.39 is 0 Å². The molecule has 1 heterocycles. The van der Waals surface area contributed by atoms with Crippen LogP contribution < -0.4 is 5.32 Å². The van der Waals surface area contributed by atoms with Gasteiger partial charge in [-0.1, -0.05) is 0 Å². The van der Waals surface area contributed by atoms with Gasteiger partial charge in [0.05, 0.1) is 26.3 Å². The van der Waals surface area contributed by atoms with Gasteiger partial charge in [-0.3, -0.25) is 4.90 Å². The Balaban J connectivity index is 2.49. The minimum absolute atomic E-state index is 0.0932. The van der Waals surface area contributed by atoms with Gasteiger partial charge >= 0.3 is 0 Å². The van der Waals surface area contributed by atoms with E-state index in [1.54, 1.807) is 14.2 Å². The summed E-state index contributed by atoms with van der Waals surface area (Å²) >= 11 is 0. The van der Waals surface area contributed by atoms with E-state index in [0.29, 0.717) is 13.2 Å². The number of rotatable bonds is 10. The molecule has 0 saturated heterocycles. The van der Waals surface area contributed by atoms with Crippen LogP contribution in [0.3, 0.4) is 0 Å². The van der Waals surface area contributed by atoms with E-state index in [-0.39, 0.29) is 5.54 Å². The molecule has 1 rings (SSSR count). The van der Waals surface area contributed by atoms with E-state index in [0.717, 1.165) is 37.7 Å². The van der Waals surface area contributed by atoms with Gasteiger partial charge in [0.15, 0.2) is 0 Å². The van der Waals surface area contributed by atoms with Crippen molar-refractivity contribution < 1.29 is 13.9 Å². The van der Waals surface area contributed by atoms with Gasteiger partial charge < -0.3 is 19.2 Å². The van der Waals surface area contributed by atoms with E-state index in [9.17, 15) is 0 Å². The zero-order chi connectivity index (χ0) is 15.7. The largest absolute Gasteiger partial charge is 0.463 e. The van der Waals surface area contributed by atoms with Crippen LogP contribution in [0.25, 0.3) is 0 Å². The molecule has 1 N–H and O–H groups in total. The second-order valence-electron chi connectivity index (χ2n) is 6.23. The summed E-state index contributed by atoms with van der Waals surface area (Å²) in [5, 5.41) is 3.43. The van der Waals surface area contributed by atoms with E-state index in [1.807, 2.05) is 12.1 Å². The minimum atomic E-state index is 0.0932. The van der Waals surface area contributed by atoms with Crippen LogP contribution in [-0.4, -0.2) is 51.0 Å². The monoisotopic (exact) mass is 298 g/mol. The van der Waals surface area contributed by atoms with Crippen molar-refractivity contribution in [3.8, 4) is 0 Å². The van der Waals surface area contributed by atoms with Gasteiger partial charge in [-0.05, 0) is 32.9 Å². The van der Waals surface area contributed by atoms with Crippen LogP contribution in [0, 0.1) is 0 Å². The second kappa shape index (κ2) is 9.20. The van der Waals surface area contributed by atoms with Crippen molar-refractivity contribution in [2.24, 2.45) is 0 Å². The van der Waals surface area contributed by atoms with E-state index in [2.05, 4.69) is 31.0 Å². The van der Waals surface area contributed by atoms with Crippen molar-refractivity contribution in [3.05, 3.63) is 23.7 Å². The van der Waals surface area contributed by atoms with Crippen LogP contribution >= 0.6 is 0 Å². The first-order valence-electron chi connectivity index (χ1n) is 7.47. The Kier molecular flexibility index (Phi) is 7.96. The molecule has 0 bridgehead atoms. The van der Waals surface area contributed by atoms with Crippen molar-refractivity contribution >= 4 is 0 Å². The fourth-order valence-corrected chi connectivity index (χ4v) is 1.89. The van der Waals surface area contributed by atoms with Crippen LogP contribution in [0.15, 0.2) is 16.5 Å². The standard InChI is InChI=1S/C16H30N2O3/c1-16(2,3)17-12-14-6-7-15(21-14)13-18(8-10-19-4)9-11-20-5/h6-7,17H,8-13H2,1-5H3. The molecule has 0 aliphatic carbocycles. The van der Waals surface area contributed by atoms with Crippen LogP contribution in [0.2, 0.25) is 0 Å². The molecule has 0 aliphatic heterocycles. The molecule has 0 atom stereocenters. The first kappa shape index (κ1) is 18.2. The van der Waals surface area contributed by atoms with Gasteiger partial charge in [0, 0.05) is 32.8 Å². The summed E-state index contributed by atoms with van der Waals surface area (Å²) < 4.78 is 16.2. The lowest BCUT2D eigenvalue weighted by Crippen LogP contribution is -2.34. The molecular formula is C16H30N2O3. The number of methoxy groups -OCH3 is 2. The molecule has 0 aromatic carbocycles. The maximum atomic E-state index is 5.88. The summed E-state index contributed by atoms with van der Waals surface area (Å²) in [5.74, 6) is 1.95. The number of hydrogen-bond donors (Lipinski definition) is 1. The van der Waals surface area contributed by atoms with Gasteiger partial charge in [0.1, 0.15) is 11.5 Å². The predicted molar refractivity (Wildman–Crippen MR) is 84.3 cm³/mol. The lowest BCUT2D eigenvalue weighted by molar-refractivity contribution is 0.105. The van der Waals surface area contributed by atoms with E-state index >= 15 is 0 Å². The zero-order valence-electron chi connectivity index (χ0n) is 14.1. The van der Waals surface area contributed by atoms with Crippen LogP contribution in [-0.2, 0) is 22.6 Å². The summed E-state index contributed by atoms with van der Waals surface area (Å²) in [6.07, 6.45) is 0. The SMILES string of the molecule is COCCN(CCOC)Cc1ccc(CNC(C)(C)C)o1. The molecule has 0 aliphatic rings. The molecule has 0 spiro atoms. The molecule has 0 unspecified atom stereocenters. The number of furan rings is 1. The molecule has 5 heteroatoms. The second-order valence-corrected chi connectivity index (χ2v) is 6.23. The molecule has 21 heavy (non-hydrogen) atoms. The summed E-state index contributed by atoms with van der Waals surface area (Å²) in [4.78, 5) is 2.27. The molecule has 1 aromatic heterocycles. The van der Waals surface area contributed by atoms with Crippen LogP contribution in [0.4, 0.5) is 0 Å². The molecule has 5 nitrogen and oxygen atoms in total. The number of nitrogens with one attached hydrogen (secondary N) is 1. The first-order chi connectivity index (χ1) is 9.94. The fourth-order valence-electron chi connectivity index (χ4n) is 1.89. The van der Waals surface area contributed by atoms with Crippen LogP contribution in [0.5, 0.6) is 0 Å². The van der Waals surface area contributed by atoms with Crippen LogP contribution in [0.1, 0.15) is 32.3 Å². The van der Waals surface area contributed by atoms with Gasteiger partial charge in [-0.25, -0.2) is 0 Å². The minimum Gasteiger partial charge on any atom is -0.463 e. The Hall–Kier alpha value is -0.880. The molecular weight excluding hydrogens is 268 g/mol. The number of hydrogen-bond acceptors (Lipinski definition) is 5. The zero-order valence-corrected chi connectivity index (χ0v) is 14.1. The summed E-state index contributed by atoms with van der Waals surface area (Å²) in [6.45, 7) is 11.1. The molecule has 0 amide bonds. The molecule has 122 valence electrons. The molecule has 0 fully saturated rings. The number of nitrogens with zero attached hydrogens (tertiary/aromatic N) is 1. The predicted octanol–water partition coefficient (Wildman–Crippen LogP) is 2.26. The van der Waals surface area contributed by atoms with Gasteiger partial charge in [0.25, 0.3) is 0 Å². The van der Waals surface area contributed by atoms with Crippen molar-refractivity contribution in [1.82, 2.24) is 10.2 Å². The number of ether oxygens (including phenoxy) is 2. The fraction of sp³-hybridized carbons (Fsp3) is 0.750. The molecule has 0 saturated carbocycles. The first-order valence-corrected chi connectivity index (χ1v) is 7.47.